The lowest BCUT2D eigenvalue weighted by molar-refractivity contribution is 0.381. The van der Waals surface area contributed by atoms with Crippen LogP contribution in [0, 0.1) is 16.2 Å². The largest absolute Gasteiger partial charge is 0.394 e. The third-order valence-electron chi connectivity index (χ3n) is 1.10. The van der Waals surface area contributed by atoms with Crippen molar-refractivity contribution in [2.75, 3.05) is 13.1 Å². The summed E-state index contributed by atoms with van der Waals surface area (Å²) < 4.78 is 31.6. The number of hydrogen-bond donors (Lipinski definition) is 10. The van der Waals surface area contributed by atoms with Gasteiger partial charge in [-0.2, -0.15) is 8.42 Å². The number of guanidine groups is 3. The minimum atomic E-state index is -4.67. The number of rotatable bonds is 2. The summed E-state index contributed by atoms with van der Waals surface area (Å²) in [6.45, 7) is 5.60. The van der Waals surface area contributed by atoms with Gasteiger partial charge in [0.1, 0.15) is 0 Å². The Bertz CT molecular complexity index is 365. The Balaban J connectivity index is -0.0000000970. The molecule has 0 radical (unpaired) electrons. The predicted molar refractivity (Wildman–Crippen MR) is 81.2 cm³/mol. The van der Waals surface area contributed by atoms with Crippen molar-refractivity contribution in [2.45, 2.75) is 13.8 Å². The van der Waals surface area contributed by atoms with Gasteiger partial charge >= 0.3 is 10.4 Å². The van der Waals surface area contributed by atoms with Gasteiger partial charge in [-0.15, -0.1) is 0 Å². The second-order valence-corrected chi connectivity index (χ2v) is 3.81. The van der Waals surface area contributed by atoms with Gasteiger partial charge in [0, 0.05) is 13.1 Å². The maximum Gasteiger partial charge on any atom is 0.394 e. The van der Waals surface area contributed by atoms with E-state index in [0.29, 0.717) is 0 Å². The first kappa shape index (κ1) is 27.1. The van der Waals surface area contributed by atoms with Crippen molar-refractivity contribution in [1.29, 1.82) is 16.2 Å². The molecule has 0 aromatic carbocycles. The van der Waals surface area contributed by atoms with Crippen LogP contribution in [0.3, 0.4) is 0 Å². The molecule has 0 saturated heterocycles. The fourth-order valence-electron chi connectivity index (χ4n) is 0.564. The molecule has 0 saturated carbocycles. The molecule has 0 heterocycles. The molecule has 0 aromatic rings. The van der Waals surface area contributed by atoms with Crippen molar-refractivity contribution in [2.24, 2.45) is 28.7 Å². The van der Waals surface area contributed by atoms with Gasteiger partial charge in [-0.1, -0.05) is 0 Å². The Kier molecular flexibility index (Phi) is 20.3. The Morgan fingerprint density at radius 2 is 1.05 bits per heavy atom. The molecule has 0 fully saturated rings. The summed E-state index contributed by atoms with van der Waals surface area (Å²) in [6, 6.07) is 0. The Hall–Kier alpha value is -2.32. The van der Waals surface area contributed by atoms with Crippen LogP contribution in [0.25, 0.3) is 0 Å². The van der Waals surface area contributed by atoms with Gasteiger partial charge in [-0.05, 0) is 13.8 Å². The summed E-state index contributed by atoms with van der Waals surface area (Å²) in [6.07, 6.45) is 0. The van der Waals surface area contributed by atoms with Crippen molar-refractivity contribution in [1.82, 2.24) is 4.90 Å². The Morgan fingerprint density at radius 3 is 1.05 bits per heavy atom. The molecule has 128 valence electrons. The number of nitrogens with one attached hydrogen (secondary N) is 3. The molecule has 14 heteroatoms. The SMILES string of the molecule is CCN(CC)C(=N)N.N=C(N)N.N=C(N)N.O=S(=O)(O)O. The zero-order valence-corrected chi connectivity index (χ0v) is 12.7. The van der Waals surface area contributed by atoms with Crippen molar-refractivity contribution < 1.29 is 17.5 Å². The molecule has 0 amide bonds. The van der Waals surface area contributed by atoms with Gasteiger partial charge in [-0.25, -0.2) is 0 Å². The van der Waals surface area contributed by atoms with Crippen LogP contribution in [0.1, 0.15) is 13.8 Å². The number of nitrogens with two attached hydrogens (primary N) is 5. The number of hydrogen-bond acceptors (Lipinski definition) is 5. The highest BCUT2D eigenvalue weighted by molar-refractivity contribution is 7.79. The maximum absolute atomic E-state index is 8.74. The van der Waals surface area contributed by atoms with Crippen molar-refractivity contribution >= 4 is 28.3 Å². The average Bonchev–Trinajstić information content (AvgIpc) is 2.13. The molecule has 0 aliphatic rings. The van der Waals surface area contributed by atoms with E-state index in [0.717, 1.165) is 13.1 Å². The maximum atomic E-state index is 8.74. The zero-order valence-electron chi connectivity index (χ0n) is 11.9. The zero-order chi connectivity index (χ0) is 18.2. The first-order valence-electron chi connectivity index (χ1n) is 5.16. The Morgan fingerprint density at radius 1 is 0.905 bits per heavy atom. The monoisotopic (exact) mass is 331 g/mol. The van der Waals surface area contributed by atoms with E-state index in [9.17, 15) is 0 Å². The van der Waals surface area contributed by atoms with E-state index in [-0.39, 0.29) is 17.9 Å². The second-order valence-electron chi connectivity index (χ2n) is 2.92. The van der Waals surface area contributed by atoms with Gasteiger partial charge in [0.05, 0.1) is 0 Å². The molecule has 0 aliphatic heterocycles. The lowest BCUT2D eigenvalue weighted by Crippen LogP contribution is -2.35. The fraction of sp³-hybridized carbons (Fsp3) is 0.571. The lowest BCUT2D eigenvalue weighted by atomic mass is 10.5. The van der Waals surface area contributed by atoms with Crippen molar-refractivity contribution in [3.05, 3.63) is 0 Å². The molecule has 0 unspecified atom stereocenters. The molecule has 13 nitrogen and oxygen atoms in total. The number of nitrogens with zero attached hydrogens (tertiary/aromatic N) is 1. The van der Waals surface area contributed by atoms with E-state index in [4.69, 9.17) is 39.5 Å². The smallest absolute Gasteiger partial charge is 0.370 e. The van der Waals surface area contributed by atoms with Crippen LogP contribution in [0.15, 0.2) is 0 Å². The molecule has 0 aliphatic carbocycles. The average molecular weight is 331 g/mol. The molecule has 0 rings (SSSR count). The van der Waals surface area contributed by atoms with Crippen molar-refractivity contribution in [3.63, 3.8) is 0 Å². The molecule has 0 atom stereocenters. The van der Waals surface area contributed by atoms with Crippen LogP contribution in [-0.4, -0.2) is 53.4 Å². The third kappa shape index (κ3) is 135. The van der Waals surface area contributed by atoms with Crippen LogP contribution >= 0.6 is 0 Å². The van der Waals surface area contributed by atoms with Gasteiger partial charge in [0.25, 0.3) is 0 Å². The minimum absolute atomic E-state index is 0.162. The summed E-state index contributed by atoms with van der Waals surface area (Å²) >= 11 is 0. The van der Waals surface area contributed by atoms with E-state index in [2.05, 4.69) is 22.9 Å². The molecule has 0 spiro atoms. The molecule has 21 heavy (non-hydrogen) atoms. The highest BCUT2D eigenvalue weighted by Gasteiger charge is 1.96. The van der Waals surface area contributed by atoms with E-state index in [1.165, 1.54) is 0 Å². The van der Waals surface area contributed by atoms with Crippen LogP contribution < -0.4 is 28.7 Å². The molecule has 0 aromatic heterocycles. The van der Waals surface area contributed by atoms with Gasteiger partial charge in [0.2, 0.25) is 0 Å². The fourth-order valence-corrected chi connectivity index (χ4v) is 0.564. The summed E-state index contributed by atoms with van der Waals surface area (Å²) in [5, 5.41) is 19.1. The van der Waals surface area contributed by atoms with E-state index in [1.54, 1.807) is 4.90 Å². The van der Waals surface area contributed by atoms with Crippen LogP contribution in [-0.2, 0) is 10.4 Å². The van der Waals surface area contributed by atoms with E-state index >= 15 is 0 Å². The Labute approximate surface area is 123 Å². The predicted octanol–water partition coefficient (Wildman–Crippen LogP) is -2.75. The molecule has 15 N–H and O–H groups in total. The molecule has 0 bridgehead atoms. The first-order valence-corrected chi connectivity index (χ1v) is 6.56. The first-order chi connectivity index (χ1) is 9.18. The molecular weight excluding hydrogens is 306 g/mol. The summed E-state index contributed by atoms with van der Waals surface area (Å²) in [5.74, 6) is -0.505. The standard InChI is InChI=1S/C5H13N3.2CH5N3.H2O4S/c1-3-8(4-2)5(6)7;2*2-1(3)4;1-5(2,3)4/h3-4H2,1-2H3,(H3,6,7);2*(H5,2,3,4);(H2,1,2,3,4). The third-order valence-corrected chi connectivity index (χ3v) is 1.10. The topological polar surface area (TPSA) is 279 Å². The van der Waals surface area contributed by atoms with Gasteiger partial charge < -0.3 is 33.6 Å². The van der Waals surface area contributed by atoms with Crippen LogP contribution in [0.4, 0.5) is 0 Å². The van der Waals surface area contributed by atoms with Crippen LogP contribution in [0.5, 0.6) is 0 Å². The van der Waals surface area contributed by atoms with Gasteiger partial charge in [-0.3, -0.25) is 25.3 Å². The highest BCUT2D eigenvalue weighted by atomic mass is 32.3. The minimum Gasteiger partial charge on any atom is -0.370 e. The lowest BCUT2D eigenvalue weighted by Gasteiger charge is -2.16. The summed E-state index contributed by atoms with van der Waals surface area (Å²) in [4.78, 5) is 1.78. The van der Waals surface area contributed by atoms with E-state index < -0.39 is 10.4 Å². The van der Waals surface area contributed by atoms with E-state index in [1.807, 2.05) is 13.8 Å². The summed E-state index contributed by atoms with van der Waals surface area (Å²) in [5.41, 5.74) is 23.1. The normalized spacial score (nSPS) is 8.38. The quantitative estimate of drug-likeness (QED) is 0.141. The summed E-state index contributed by atoms with van der Waals surface area (Å²) in [7, 11) is -4.67. The van der Waals surface area contributed by atoms with Crippen molar-refractivity contribution in [3.8, 4) is 0 Å². The van der Waals surface area contributed by atoms with Gasteiger partial charge in [0.15, 0.2) is 17.9 Å². The highest BCUT2D eigenvalue weighted by Crippen LogP contribution is 1.81. The molecular formula is C7H25N9O4S. The second kappa shape index (κ2) is 15.7. The van der Waals surface area contributed by atoms with Crippen LogP contribution in [0.2, 0.25) is 0 Å².